The van der Waals surface area contributed by atoms with Crippen molar-refractivity contribution < 1.29 is 30.4 Å². The van der Waals surface area contributed by atoms with Crippen LogP contribution in [0.1, 0.15) is 20.3 Å². The molecule has 0 unspecified atom stereocenters. The van der Waals surface area contributed by atoms with Gasteiger partial charge >= 0.3 is 43.7 Å². The van der Waals surface area contributed by atoms with E-state index in [1.165, 1.54) is 13.8 Å². The molecule has 0 saturated heterocycles. The van der Waals surface area contributed by atoms with Gasteiger partial charge in [0.05, 0.1) is 13.0 Å². The first kappa shape index (κ1) is 22.3. The van der Waals surface area contributed by atoms with E-state index in [2.05, 4.69) is 5.32 Å². The molecule has 0 bridgehead atoms. The van der Waals surface area contributed by atoms with Gasteiger partial charge in [-0.15, -0.1) is 0 Å². The number of aliphatic hydroxyl groups is 2. The Morgan fingerprint density at radius 3 is 2.18 bits per heavy atom. The number of amides is 1. The number of hydrogen-bond donors (Lipinski definition) is 4. The first-order valence-corrected chi connectivity index (χ1v) is 4.59. The van der Waals surface area contributed by atoms with Gasteiger partial charge in [0.25, 0.3) is 0 Å². The monoisotopic (exact) mass is 279 g/mol. The molecule has 0 aliphatic heterocycles. The second-order valence-corrected chi connectivity index (χ2v) is 3.98. The normalized spacial score (nSPS) is 11.8. The number of nitrogens with one attached hydrogen (secondary N) is 1. The van der Waals surface area contributed by atoms with Gasteiger partial charge in [-0.1, -0.05) is 13.8 Å². The van der Waals surface area contributed by atoms with Crippen molar-refractivity contribution in [2.24, 2.45) is 5.41 Å². The van der Waals surface area contributed by atoms with Crippen LogP contribution in [0.3, 0.4) is 0 Å². The van der Waals surface area contributed by atoms with Crippen molar-refractivity contribution in [3.8, 4) is 0 Å². The number of aliphatic carboxylic acids is 1. The zero-order valence-electron chi connectivity index (χ0n) is 9.36. The molecule has 0 aliphatic carbocycles. The number of carboxylic acid groups (broad SMARTS) is 1. The molecule has 100 valence electrons. The summed E-state index contributed by atoms with van der Waals surface area (Å²) < 4.78 is 0. The molecule has 0 saturated carbocycles. The number of rotatable bonds is 6. The van der Waals surface area contributed by atoms with E-state index in [1.54, 1.807) is 0 Å². The summed E-state index contributed by atoms with van der Waals surface area (Å²) in [5, 5.41) is 29.0. The van der Waals surface area contributed by atoms with Crippen LogP contribution in [0.25, 0.3) is 0 Å². The molecular weight excluding hydrogens is 258 g/mol. The van der Waals surface area contributed by atoms with E-state index in [9.17, 15) is 14.7 Å². The predicted octanol–water partition coefficient (Wildman–Crippen LogP) is -2.78. The summed E-state index contributed by atoms with van der Waals surface area (Å²) in [5.41, 5.74) is -0.937. The third-order valence-corrected chi connectivity index (χ3v) is 2.03. The van der Waals surface area contributed by atoms with Gasteiger partial charge in [0, 0.05) is 12.0 Å². The SMILES string of the molecule is CC(C)(CO)[C@@H](O)C(=O)NCCC(=O)O.O.[CaH2]. The molecule has 0 aromatic carbocycles. The van der Waals surface area contributed by atoms with Crippen LogP contribution in [0.2, 0.25) is 0 Å². The van der Waals surface area contributed by atoms with Gasteiger partial charge in [0.2, 0.25) is 5.91 Å². The summed E-state index contributed by atoms with van der Waals surface area (Å²) >= 11 is 0. The molecule has 0 spiro atoms. The van der Waals surface area contributed by atoms with Gasteiger partial charge in [-0.25, -0.2) is 0 Å². The molecular formula is C9H21CaNO6. The first-order valence-electron chi connectivity index (χ1n) is 4.59. The van der Waals surface area contributed by atoms with Crippen LogP contribution < -0.4 is 5.32 Å². The van der Waals surface area contributed by atoms with Crippen LogP contribution in [0.5, 0.6) is 0 Å². The molecule has 0 aromatic heterocycles. The Morgan fingerprint density at radius 1 is 1.35 bits per heavy atom. The number of aliphatic hydroxyl groups excluding tert-OH is 2. The molecule has 8 heteroatoms. The molecule has 0 aromatic rings. The van der Waals surface area contributed by atoms with Crippen molar-refractivity contribution in [1.82, 2.24) is 5.32 Å². The summed E-state index contributed by atoms with van der Waals surface area (Å²) in [6.45, 7) is 2.70. The zero-order chi connectivity index (χ0) is 12.1. The number of hydrogen-bond acceptors (Lipinski definition) is 4. The van der Waals surface area contributed by atoms with Crippen molar-refractivity contribution in [3.63, 3.8) is 0 Å². The summed E-state index contributed by atoms with van der Waals surface area (Å²) in [7, 11) is 0. The Hall–Kier alpha value is 0.0797. The summed E-state index contributed by atoms with van der Waals surface area (Å²) in [5.74, 6) is -1.69. The van der Waals surface area contributed by atoms with Crippen molar-refractivity contribution in [2.75, 3.05) is 13.2 Å². The van der Waals surface area contributed by atoms with E-state index in [-0.39, 0.29) is 62.8 Å². The van der Waals surface area contributed by atoms with Crippen LogP contribution >= 0.6 is 0 Å². The van der Waals surface area contributed by atoms with Gasteiger partial charge in [0.15, 0.2) is 0 Å². The minimum absolute atomic E-state index is 0. The fourth-order valence-electron chi connectivity index (χ4n) is 0.831. The van der Waals surface area contributed by atoms with Crippen LogP contribution in [0.15, 0.2) is 0 Å². The second-order valence-electron chi connectivity index (χ2n) is 3.98. The molecule has 1 amide bonds. The van der Waals surface area contributed by atoms with Gasteiger partial charge in [-0.3, -0.25) is 9.59 Å². The Morgan fingerprint density at radius 2 is 1.82 bits per heavy atom. The summed E-state index contributed by atoms with van der Waals surface area (Å²) in [6, 6.07) is 0. The fourth-order valence-corrected chi connectivity index (χ4v) is 0.831. The van der Waals surface area contributed by atoms with E-state index < -0.39 is 23.4 Å². The molecule has 0 fully saturated rings. The van der Waals surface area contributed by atoms with E-state index in [0.717, 1.165) is 0 Å². The standard InChI is InChI=1S/C9H17NO5.Ca.H2O.2H/c1-9(2,5-11)7(14)8(15)10-4-3-6(12)13;;;;/h7,11,14H,3-5H2,1-2H3,(H,10,15)(H,12,13);;1H2;;/t7-;;;;/m0..../s1. The maximum atomic E-state index is 11.3. The van der Waals surface area contributed by atoms with E-state index in [4.69, 9.17) is 10.2 Å². The Kier molecular flexibility index (Phi) is 13.2. The number of carboxylic acids is 1. The van der Waals surface area contributed by atoms with Gasteiger partial charge in [-0.05, 0) is 0 Å². The molecule has 0 rings (SSSR count). The Bertz CT molecular complexity index is 246. The quantitative estimate of drug-likeness (QED) is 0.389. The number of carbonyl (C=O) groups excluding carboxylic acids is 1. The third-order valence-electron chi connectivity index (χ3n) is 2.03. The topological polar surface area (TPSA) is 138 Å². The van der Waals surface area contributed by atoms with E-state index in [0.29, 0.717) is 0 Å². The van der Waals surface area contributed by atoms with Crippen LogP contribution in [-0.4, -0.2) is 89.7 Å². The Labute approximate surface area is 130 Å². The predicted molar refractivity (Wildman–Crippen MR) is 64.3 cm³/mol. The number of carbonyl (C=O) groups is 2. The first-order chi connectivity index (χ1) is 6.81. The molecule has 0 aliphatic rings. The van der Waals surface area contributed by atoms with Crippen molar-refractivity contribution in [1.29, 1.82) is 0 Å². The molecule has 6 N–H and O–H groups in total. The fraction of sp³-hybridized carbons (Fsp3) is 0.778. The zero-order valence-corrected chi connectivity index (χ0v) is 9.36. The average Bonchev–Trinajstić information content (AvgIpc) is 2.15. The van der Waals surface area contributed by atoms with Gasteiger partial charge in [0.1, 0.15) is 6.10 Å². The minimum atomic E-state index is -1.35. The maximum absolute atomic E-state index is 11.3. The Balaban J connectivity index is -0.000000980. The molecule has 7 nitrogen and oxygen atoms in total. The second kappa shape index (κ2) is 10.0. The van der Waals surface area contributed by atoms with E-state index in [1.807, 2.05) is 0 Å². The molecule has 0 radical (unpaired) electrons. The third kappa shape index (κ3) is 8.76. The molecule has 1 atom stereocenters. The molecule has 17 heavy (non-hydrogen) atoms. The summed E-state index contributed by atoms with van der Waals surface area (Å²) in [4.78, 5) is 21.4. The van der Waals surface area contributed by atoms with Gasteiger partial charge in [-0.2, -0.15) is 0 Å². The van der Waals surface area contributed by atoms with Crippen LogP contribution in [-0.2, 0) is 9.59 Å². The van der Waals surface area contributed by atoms with Crippen molar-refractivity contribution >= 4 is 49.6 Å². The van der Waals surface area contributed by atoms with Crippen molar-refractivity contribution in [3.05, 3.63) is 0 Å². The van der Waals surface area contributed by atoms with Gasteiger partial charge < -0.3 is 26.1 Å². The van der Waals surface area contributed by atoms with E-state index >= 15 is 0 Å². The van der Waals surface area contributed by atoms with Crippen molar-refractivity contribution in [2.45, 2.75) is 26.4 Å². The van der Waals surface area contributed by atoms with Crippen LogP contribution in [0.4, 0.5) is 0 Å². The average molecular weight is 279 g/mol. The summed E-state index contributed by atoms with van der Waals surface area (Å²) in [6.07, 6.45) is -1.55. The van der Waals surface area contributed by atoms with Crippen LogP contribution in [0, 0.1) is 5.41 Å². The molecule has 0 heterocycles.